The summed E-state index contributed by atoms with van der Waals surface area (Å²) in [5, 5.41) is 2.90. The predicted molar refractivity (Wildman–Crippen MR) is 70.0 cm³/mol. The van der Waals surface area contributed by atoms with E-state index in [0.717, 1.165) is 24.8 Å². The van der Waals surface area contributed by atoms with Gasteiger partial charge in [0.25, 0.3) is 0 Å². The lowest BCUT2D eigenvalue weighted by atomic mass is 10.1. The van der Waals surface area contributed by atoms with Crippen molar-refractivity contribution in [2.75, 3.05) is 13.2 Å². The lowest BCUT2D eigenvalue weighted by Crippen LogP contribution is -2.33. The zero-order valence-electron chi connectivity index (χ0n) is 10.5. The van der Waals surface area contributed by atoms with E-state index in [4.69, 9.17) is 10.5 Å². The normalized spacial score (nSPS) is 18.8. The van der Waals surface area contributed by atoms with Gasteiger partial charge in [-0.2, -0.15) is 0 Å². The quantitative estimate of drug-likeness (QED) is 0.816. The molecule has 0 spiro atoms. The van der Waals surface area contributed by atoms with Crippen LogP contribution in [-0.2, 0) is 22.5 Å². The Bertz CT molecular complexity index is 383. The van der Waals surface area contributed by atoms with Crippen molar-refractivity contribution in [3.8, 4) is 0 Å². The van der Waals surface area contributed by atoms with Crippen molar-refractivity contribution in [1.29, 1.82) is 0 Å². The highest BCUT2D eigenvalue weighted by molar-refractivity contribution is 5.80. The molecule has 1 heterocycles. The lowest BCUT2D eigenvalue weighted by molar-refractivity contribution is -0.130. The number of hydrogen-bond acceptors (Lipinski definition) is 3. The molecule has 1 amide bonds. The van der Waals surface area contributed by atoms with Gasteiger partial charge in [-0.3, -0.25) is 4.79 Å². The van der Waals surface area contributed by atoms with Crippen LogP contribution >= 0.6 is 0 Å². The average Bonchev–Trinajstić information content (AvgIpc) is 2.92. The Morgan fingerprint density at radius 2 is 2.06 bits per heavy atom. The Labute approximate surface area is 108 Å². The van der Waals surface area contributed by atoms with Gasteiger partial charge in [0.15, 0.2) is 0 Å². The second kappa shape index (κ2) is 6.52. The maximum atomic E-state index is 11.7. The summed E-state index contributed by atoms with van der Waals surface area (Å²) >= 11 is 0. The van der Waals surface area contributed by atoms with Crippen LogP contribution < -0.4 is 11.1 Å². The van der Waals surface area contributed by atoms with Crippen LogP contribution in [0.4, 0.5) is 0 Å². The molecule has 1 aromatic rings. The SMILES string of the molecule is NCCc1ccc(CNC(=O)[C@H]2CCCO2)cc1. The predicted octanol–water partition coefficient (Wildman–Crippen LogP) is 0.983. The molecule has 1 aromatic carbocycles. The van der Waals surface area contributed by atoms with Gasteiger partial charge in [0.1, 0.15) is 6.10 Å². The Balaban J connectivity index is 1.80. The minimum atomic E-state index is -0.249. The number of ether oxygens (including phenoxy) is 1. The van der Waals surface area contributed by atoms with Gasteiger partial charge in [-0.05, 0) is 36.9 Å². The van der Waals surface area contributed by atoms with E-state index in [-0.39, 0.29) is 12.0 Å². The molecular formula is C14H20N2O2. The molecule has 1 aliphatic rings. The summed E-state index contributed by atoms with van der Waals surface area (Å²) in [6, 6.07) is 8.17. The van der Waals surface area contributed by atoms with Gasteiger partial charge in [0.05, 0.1) is 0 Å². The first-order valence-corrected chi connectivity index (χ1v) is 6.47. The van der Waals surface area contributed by atoms with E-state index >= 15 is 0 Å². The summed E-state index contributed by atoms with van der Waals surface area (Å²) in [5.41, 5.74) is 7.82. The molecule has 4 heteroatoms. The van der Waals surface area contributed by atoms with Gasteiger partial charge in [-0.25, -0.2) is 0 Å². The molecule has 1 fully saturated rings. The van der Waals surface area contributed by atoms with Gasteiger partial charge >= 0.3 is 0 Å². The summed E-state index contributed by atoms with van der Waals surface area (Å²) in [5.74, 6) is -0.00136. The van der Waals surface area contributed by atoms with Crippen molar-refractivity contribution in [3.63, 3.8) is 0 Å². The fourth-order valence-corrected chi connectivity index (χ4v) is 2.08. The Kier molecular flexibility index (Phi) is 4.73. The van der Waals surface area contributed by atoms with Crippen molar-refractivity contribution >= 4 is 5.91 Å². The van der Waals surface area contributed by atoms with Crippen LogP contribution in [0, 0.1) is 0 Å². The lowest BCUT2D eigenvalue weighted by Gasteiger charge is -2.10. The highest BCUT2D eigenvalue weighted by atomic mass is 16.5. The van der Waals surface area contributed by atoms with Crippen molar-refractivity contribution in [2.24, 2.45) is 5.73 Å². The molecule has 2 rings (SSSR count). The summed E-state index contributed by atoms with van der Waals surface area (Å²) < 4.78 is 5.33. The van der Waals surface area contributed by atoms with Crippen LogP contribution in [0.15, 0.2) is 24.3 Å². The third-order valence-corrected chi connectivity index (χ3v) is 3.14. The monoisotopic (exact) mass is 248 g/mol. The fourth-order valence-electron chi connectivity index (χ4n) is 2.08. The zero-order valence-corrected chi connectivity index (χ0v) is 10.5. The average molecular weight is 248 g/mol. The number of benzene rings is 1. The number of nitrogens with one attached hydrogen (secondary N) is 1. The second-order valence-corrected chi connectivity index (χ2v) is 4.57. The molecule has 0 aromatic heterocycles. The van der Waals surface area contributed by atoms with Crippen molar-refractivity contribution in [2.45, 2.75) is 31.9 Å². The van der Waals surface area contributed by atoms with Gasteiger partial charge in [0.2, 0.25) is 5.91 Å². The van der Waals surface area contributed by atoms with Crippen LogP contribution in [-0.4, -0.2) is 25.2 Å². The number of rotatable bonds is 5. The van der Waals surface area contributed by atoms with E-state index in [9.17, 15) is 4.79 Å². The number of carbonyl (C=O) groups excluding carboxylic acids is 1. The first-order chi connectivity index (χ1) is 8.79. The van der Waals surface area contributed by atoms with Crippen molar-refractivity contribution in [3.05, 3.63) is 35.4 Å². The minimum Gasteiger partial charge on any atom is -0.368 e. The topological polar surface area (TPSA) is 64.3 Å². The van der Waals surface area contributed by atoms with Crippen molar-refractivity contribution in [1.82, 2.24) is 5.32 Å². The highest BCUT2D eigenvalue weighted by Gasteiger charge is 2.22. The zero-order chi connectivity index (χ0) is 12.8. The number of amides is 1. The van der Waals surface area contributed by atoms with Crippen LogP contribution in [0.2, 0.25) is 0 Å². The number of carbonyl (C=O) groups is 1. The Hall–Kier alpha value is -1.39. The Morgan fingerprint density at radius 3 is 2.67 bits per heavy atom. The molecule has 1 saturated heterocycles. The molecule has 0 saturated carbocycles. The summed E-state index contributed by atoms with van der Waals surface area (Å²) in [6.07, 6.45) is 2.46. The van der Waals surface area contributed by atoms with Crippen LogP contribution in [0.25, 0.3) is 0 Å². The van der Waals surface area contributed by atoms with Gasteiger partial charge in [-0.1, -0.05) is 24.3 Å². The van der Waals surface area contributed by atoms with E-state index in [0.29, 0.717) is 19.7 Å². The smallest absolute Gasteiger partial charge is 0.249 e. The minimum absolute atomic E-state index is 0.00136. The molecule has 0 bridgehead atoms. The Morgan fingerprint density at radius 1 is 1.33 bits per heavy atom. The van der Waals surface area contributed by atoms with E-state index in [1.807, 2.05) is 12.1 Å². The van der Waals surface area contributed by atoms with Crippen LogP contribution in [0.1, 0.15) is 24.0 Å². The molecule has 1 atom stereocenters. The summed E-state index contributed by atoms with van der Waals surface area (Å²) in [6.45, 7) is 1.92. The molecule has 98 valence electrons. The van der Waals surface area contributed by atoms with E-state index in [1.165, 1.54) is 5.56 Å². The molecule has 3 N–H and O–H groups in total. The molecule has 0 unspecified atom stereocenters. The molecule has 0 aliphatic carbocycles. The number of hydrogen-bond donors (Lipinski definition) is 2. The summed E-state index contributed by atoms with van der Waals surface area (Å²) in [4.78, 5) is 11.7. The molecule has 4 nitrogen and oxygen atoms in total. The molecule has 18 heavy (non-hydrogen) atoms. The third-order valence-electron chi connectivity index (χ3n) is 3.14. The third kappa shape index (κ3) is 3.55. The maximum Gasteiger partial charge on any atom is 0.249 e. The van der Waals surface area contributed by atoms with E-state index in [2.05, 4.69) is 17.4 Å². The first kappa shape index (κ1) is 13.1. The maximum absolute atomic E-state index is 11.7. The van der Waals surface area contributed by atoms with Crippen molar-refractivity contribution < 1.29 is 9.53 Å². The molecular weight excluding hydrogens is 228 g/mol. The fraction of sp³-hybridized carbons (Fsp3) is 0.500. The van der Waals surface area contributed by atoms with Gasteiger partial charge < -0.3 is 15.8 Å². The standard InChI is InChI=1S/C14H20N2O2/c15-8-7-11-3-5-12(6-4-11)10-16-14(17)13-2-1-9-18-13/h3-6,13H,1-2,7-10,15H2,(H,16,17)/t13-/m1/s1. The number of nitrogens with two attached hydrogens (primary N) is 1. The second-order valence-electron chi connectivity index (χ2n) is 4.57. The highest BCUT2D eigenvalue weighted by Crippen LogP contribution is 2.12. The van der Waals surface area contributed by atoms with Crippen LogP contribution in [0.5, 0.6) is 0 Å². The van der Waals surface area contributed by atoms with E-state index < -0.39 is 0 Å². The summed E-state index contributed by atoms with van der Waals surface area (Å²) in [7, 11) is 0. The first-order valence-electron chi connectivity index (χ1n) is 6.47. The van der Waals surface area contributed by atoms with Gasteiger partial charge in [-0.15, -0.1) is 0 Å². The largest absolute Gasteiger partial charge is 0.368 e. The molecule has 1 aliphatic heterocycles. The molecule has 0 radical (unpaired) electrons. The van der Waals surface area contributed by atoms with Crippen LogP contribution in [0.3, 0.4) is 0 Å². The van der Waals surface area contributed by atoms with E-state index in [1.54, 1.807) is 0 Å². The van der Waals surface area contributed by atoms with Gasteiger partial charge in [0, 0.05) is 13.2 Å².